The lowest BCUT2D eigenvalue weighted by atomic mass is 9.72. The predicted octanol–water partition coefficient (Wildman–Crippen LogP) is 7.67. The molecule has 1 aromatic carbocycles. The average Bonchev–Trinajstić information content (AvgIpc) is 3.82. The van der Waals surface area contributed by atoms with Crippen molar-refractivity contribution >= 4 is 17.2 Å². The number of rotatable bonds is 5. The minimum absolute atomic E-state index is 0.0958. The van der Waals surface area contributed by atoms with E-state index in [1.807, 2.05) is 18.5 Å². The van der Waals surface area contributed by atoms with E-state index in [1.54, 1.807) is 11.3 Å². The summed E-state index contributed by atoms with van der Waals surface area (Å²) in [6.45, 7) is 22.9. The number of hydrogen-bond acceptors (Lipinski definition) is 7. The lowest BCUT2D eigenvalue weighted by molar-refractivity contribution is 0.102. The topological polar surface area (TPSA) is 84.5 Å². The SMILES string of the molecule is CC(C)(C)c1cc(C#CC2(O)C3CC32)cc(COc2cc(-c3cnc(C4CCN(C(C)(C)C)CC4)s3)cnc2N)c1C(C)(C)C. The number of likely N-dealkylation sites (tertiary alicyclic amines) is 1. The quantitative estimate of drug-likeness (QED) is 0.283. The van der Waals surface area contributed by atoms with Crippen molar-refractivity contribution in [3.63, 3.8) is 0 Å². The largest absolute Gasteiger partial charge is 0.485 e. The van der Waals surface area contributed by atoms with E-state index < -0.39 is 5.60 Å². The molecule has 3 heterocycles. The number of aliphatic hydroxyl groups is 1. The maximum atomic E-state index is 10.7. The van der Waals surface area contributed by atoms with Crippen LogP contribution in [0, 0.1) is 23.7 Å². The summed E-state index contributed by atoms with van der Waals surface area (Å²) in [7, 11) is 0. The molecular weight excluding hydrogens is 577 g/mol. The number of benzene rings is 1. The van der Waals surface area contributed by atoms with Gasteiger partial charge in [-0.3, -0.25) is 4.90 Å². The molecule has 1 aliphatic heterocycles. The third-order valence-electron chi connectivity index (χ3n) is 9.86. The third kappa shape index (κ3) is 6.52. The molecule has 3 fully saturated rings. The van der Waals surface area contributed by atoms with Crippen LogP contribution in [0.3, 0.4) is 0 Å². The number of anilines is 1. The zero-order valence-corrected chi connectivity index (χ0v) is 29.4. The summed E-state index contributed by atoms with van der Waals surface area (Å²) < 4.78 is 6.49. The Kier molecular flexibility index (Phi) is 7.91. The number of thiazole rings is 1. The fraction of sp³-hybridized carbons (Fsp3) is 0.579. The molecule has 1 saturated heterocycles. The smallest absolute Gasteiger partial charge is 0.166 e. The molecule has 2 aromatic heterocycles. The van der Waals surface area contributed by atoms with E-state index in [4.69, 9.17) is 15.5 Å². The second kappa shape index (κ2) is 11.1. The molecule has 240 valence electrons. The highest BCUT2D eigenvalue weighted by Gasteiger charge is 2.76. The van der Waals surface area contributed by atoms with Crippen LogP contribution in [0.4, 0.5) is 5.82 Å². The van der Waals surface area contributed by atoms with Crippen molar-refractivity contribution in [2.24, 2.45) is 11.8 Å². The van der Waals surface area contributed by atoms with Gasteiger partial charge in [-0.1, -0.05) is 53.4 Å². The van der Waals surface area contributed by atoms with E-state index in [1.165, 1.54) is 16.1 Å². The van der Waals surface area contributed by atoms with E-state index in [-0.39, 0.29) is 16.4 Å². The molecule has 2 atom stereocenters. The van der Waals surface area contributed by atoms with Crippen LogP contribution in [0.25, 0.3) is 10.4 Å². The van der Waals surface area contributed by atoms with E-state index in [2.05, 4.69) is 96.2 Å². The molecule has 0 radical (unpaired) electrons. The summed E-state index contributed by atoms with van der Waals surface area (Å²) in [5, 5.41) is 11.9. The van der Waals surface area contributed by atoms with Gasteiger partial charge in [0.05, 0.1) is 9.88 Å². The highest BCUT2D eigenvalue weighted by atomic mass is 32.1. The predicted molar refractivity (Wildman–Crippen MR) is 185 cm³/mol. The van der Waals surface area contributed by atoms with Gasteiger partial charge >= 0.3 is 0 Å². The van der Waals surface area contributed by atoms with E-state index >= 15 is 0 Å². The van der Waals surface area contributed by atoms with Crippen molar-refractivity contribution in [1.29, 1.82) is 0 Å². The van der Waals surface area contributed by atoms with Crippen molar-refractivity contribution < 1.29 is 9.84 Å². The molecule has 3 aliphatic rings. The van der Waals surface area contributed by atoms with Gasteiger partial charge in [-0.15, -0.1) is 11.3 Å². The first-order chi connectivity index (χ1) is 20.9. The Hall–Kier alpha value is -2.92. The molecule has 0 amide bonds. The number of fused-ring (bicyclic) bond motifs is 1. The van der Waals surface area contributed by atoms with Gasteiger partial charge in [0.2, 0.25) is 0 Å². The number of pyridine rings is 1. The van der Waals surface area contributed by atoms with Crippen LogP contribution >= 0.6 is 11.3 Å². The van der Waals surface area contributed by atoms with Gasteiger partial charge in [-0.2, -0.15) is 0 Å². The first kappa shape index (κ1) is 32.0. The van der Waals surface area contributed by atoms with E-state index in [9.17, 15) is 5.11 Å². The van der Waals surface area contributed by atoms with Crippen LogP contribution in [0.15, 0.2) is 30.6 Å². The summed E-state index contributed by atoms with van der Waals surface area (Å²) in [5.41, 5.74) is 11.1. The number of ether oxygens (including phenoxy) is 1. The molecule has 2 unspecified atom stereocenters. The van der Waals surface area contributed by atoms with Crippen LogP contribution < -0.4 is 10.5 Å². The van der Waals surface area contributed by atoms with Crippen LogP contribution in [-0.2, 0) is 17.4 Å². The Balaban J connectivity index is 1.25. The fourth-order valence-electron chi connectivity index (χ4n) is 6.91. The van der Waals surface area contributed by atoms with Crippen molar-refractivity contribution in [2.75, 3.05) is 18.8 Å². The lowest BCUT2D eigenvalue weighted by Gasteiger charge is -2.40. The summed E-state index contributed by atoms with van der Waals surface area (Å²) in [6, 6.07) is 6.34. The molecule has 6 nitrogen and oxygen atoms in total. The van der Waals surface area contributed by atoms with Gasteiger partial charge in [-0.05, 0) is 98.8 Å². The molecule has 0 spiro atoms. The van der Waals surface area contributed by atoms with E-state index in [0.717, 1.165) is 53.9 Å². The monoisotopic (exact) mass is 626 g/mol. The molecule has 2 aliphatic carbocycles. The van der Waals surface area contributed by atoms with Gasteiger partial charge < -0.3 is 15.6 Å². The zero-order valence-electron chi connectivity index (χ0n) is 28.5. The first-order valence-electron chi connectivity index (χ1n) is 16.5. The number of piperidine rings is 1. The Morgan fingerprint density at radius 2 is 1.67 bits per heavy atom. The molecule has 2 saturated carbocycles. The Bertz CT molecular complexity index is 1640. The number of nitrogens with zero attached hydrogens (tertiary/aromatic N) is 3. The molecule has 7 heteroatoms. The van der Waals surface area contributed by atoms with Crippen LogP contribution in [0.5, 0.6) is 5.75 Å². The van der Waals surface area contributed by atoms with Crippen LogP contribution in [0.2, 0.25) is 0 Å². The van der Waals surface area contributed by atoms with Gasteiger partial charge in [0.1, 0.15) is 12.2 Å². The van der Waals surface area contributed by atoms with Gasteiger partial charge in [0.15, 0.2) is 11.6 Å². The second-order valence-electron chi connectivity index (χ2n) is 16.5. The maximum Gasteiger partial charge on any atom is 0.166 e. The summed E-state index contributed by atoms with van der Waals surface area (Å²) >= 11 is 1.76. The molecule has 45 heavy (non-hydrogen) atoms. The minimum Gasteiger partial charge on any atom is -0.485 e. The zero-order chi connectivity index (χ0) is 32.5. The minimum atomic E-state index is -0.776. The fourth-order valence-corrected chi connectivity index (χ4v) is 7.97. The van der Waals surface area contributed by atoms with Crippen LogP contribution in [-0.4, -0.2) is 44.2 Å². The molecule has 3 N–H and O–H groups in total. The Morgan fingerprint density at radius 3 is 2.24 bits per heavy atom. The third-order valence-corrected chi connectivity index (χ3v) is 11.1. The van der Waals surface area contributed by atoms with Crippen molar-refractivity contribution in [3.8, 4) is 28.0 Å². The van der Waals surface area contributed by atoms with Crippen molar-refractivity contribution in [2.45, 2.75) is 116 Å². The summed E-state index contributed by atoms with van der Waals surface area (Å²) in [5.74, 6) is 8.69. The molecule has 0 bridgehead atoms. The number of nitrogen functional groups attached to an aromatic ring is 1. The highest BCUT2D eigenvalue weighted by molar-refractivity contribution is 7.15. The van der Waals surface area contributed by atoms with Crippen molar-refractivity contribution in [3.05, 3.63) is 57.9 Å². The number of aromatic nitrogens is 2. The molecule has 3 aromatic rings. The normalized spacial score (nSPS) is 23.7. The van der Waals surface area contributed by atoms with Gasteiger partial charge in [0.25, 0.3) is 0 Å². The number of nitrogens with two attached hydrogens (primary N) is 1. The standard InChI is InChI=1S/C38H50N4O2S/c1-35(2,3)29-17-23(10-13-38(43)27-19-28(27)38)16-26(32(29)36(4,5)6)22-44-30-18-25(20-40-33(30)39)31-21-41-34(45-31)24-11-14-42(15-12-24)37(7,8)9/h16-18,20-21,24,27-28,43H,11-12,14-15,19,22H2,1-9H3,(H2,39,40). The molecule has 6 rings (SSSR count). The Morgan fingerprint density at radius 1 is 0.978 bits per heavy atom. The molecular formula is C38H50N4O2S. The van der Waals surface area contributed by atoms with Gasteiger partial charge in [0, 0.05) is 46.8 Å². The van der Waals surface area contributed by atoms with Gasteiger partial charge in [-0.25, -0.2) is 9.97 Å². The Labute approximate surface area is 273 Å². The van der Waals surface area contributed by atoms with Crippen molar-refractivity contribution in [1.82, 2.24) is 14.9 Å². The second-order valence-corrected chi connectivity index (χ2v) is 17.5. The average molecular weight is 627 g/mol. The lowest BCUT2D eigenvalue weighted by Crippen LogP contribution is -2.45. The van der Waals surface area contributed by atoms with E-state index in [0.29, 0.717) is 35.9 Å². The summed E-state index contributed by atoms with van der Waals surface area (Å²) in [4.78, 5) is 13.0. The number of hydrogen-bond donors (Lipinski definition) is 2. The highest BCUT2D eigenvalue weighted by Crippen LogP contribution is 2.70. The van der Waals surface area contributed by atoms with Crippen LogP contribution in [0.1, 0.15) is 115 Å². The maximum absolute atomic E-state index is 10.7. The first-order valence-corrected chi connectivity index (χ1v) is 17.3. The summed E-state index contributed by atoms with van der Waals surface area (Å²) in [6.07, 6.45) is 7.17.